The lowest BCUT2D eigenvalue weighted by Gasteiger charge is -2.06. The normalized spacial score (nSPS) is 10.3. The average molecular weight is 327 g/mol. The summed E-state index contributed by atoms with van der Waals surface area (Å²) in [4.78, 5) is 11.8. The highest BCUT2D eigenvalue weighted by Crippen LogP contribution is 2.22. The Morgan fingerprint density at radius 2 is 2.28 bits per heavy atom. The molecular formula is C11H11BrN4OS. The molecule has 0 aliphatic carbocycles. The molecule has 0 saturated carbocycles. The molecule has 0 atom stereocenters. The topological polar surface area (TPSA) is 59.8 Å². The lowest BCUT2D eigenvalue weighted by atomic mass is 10.3. The second-order valence-corrected chi connectivity index (χ2v) is 5.34. The molecule has 5 nitrogen and oxygen atoms in total. The molecule has 0 bridgehead atoms. The van der Waals surface area contributed by atoms with Crippen LogP contribution in [0, 0.1) is 0 Å². The fraction of sp³-hybridized carbons (Fsp3) is 0.182. The summed E-state index contributed by atoms with van der Waals surface area (Å²) >= 11 is 4.73. The maximum atomic E-state index is 11.8. The van der Waals surface area contributed by atoms with Crippen molar-refractivity contribution in [3.8, 4) is 0 Å². The van der Waals surface area contributed by atoms with E-state index in [9.17, 15) is 4.79 Å². The van der Waals surface area contributed by atoms with Crippen LogP contribution in [0.3, 0.4) is 0 Å². The van der Waals surface area contributed by atoms with Gasteiger partial charge < -0.3 is 9.88 Å². The summed E-state index contributed by atoms with van der Waals surface area (Å²) in [7, 11) is 1.84. The molecule has 0 unspecified atom stereocenters. The van der Waals surface area contributed by atoms with Gasteiger partial charge in [-0.3, -0.25) is 4.79 Å². The zero-order valence-electron chi connectivity index (χ0n) is 9.63. The maximum absolute atomic E-state index is 11.8. The zero-order valence-corrected chi connectivity index (χ0v) is 12.0. The number of thioether (sulfide) groups is 1. The van der Waals surface area contributed by atoms with Crippen LogP contribution in [-0.2, 0) is 11.8 Å². The van der Waals surface area contributed by atoms with Gasteiger partial charge in [0.15, 0.2) is 5.16 Å². The van der Waals surface area contributed by atoms with E-state index in [2.05, 4.69) is 31.4 Å². The third kappa shape index (κ3) is 3.33. The molecule has 1 heterocycles. The van der Waals surface area contributed by atoms with Gasteiger partial charge in [0.05, 0.1) is 11.4 Å². The molecular weight excluding hydrogens is 316 g/mol. The lowest BCUT2D eigenvalue weighted by Crippen LogP contribution is -2.14. The molecule has 1 aromatic carbocycles. The predicted octanol–water partition coefficient (Wildman–Crippen LogP) is 2.31. The zero-order chi connectivity index (χ0) is 13.0. The van der Waals surface area contributed by atoms with Gasteiger partial charge >= 0.3 is 0 Å². The van der Waals surface area contributed by atoms with Gasteiger partial charge in [-0.2, -0.15) is 0 Å². The van der Waals surface area contributed by atoms with Crippen molar-refractivity contribution in [2.24, 2.45) is 7.05 Å². The van der Waals surface area contributed by atoms with Crippen molar-refractivity contribution in [2.45, 2.75) is 5.16 Å². The van der Waals surface area contributed by atoms with Crippen molar-refractivity contribution in [2.75, 3.05) is 11.1 Å². The predicted molar refractivity (Wildman–Crippen MR) is 74.5 cm³/mol. The highest BCUT2D eigenvalue weighted by atomic mass is 79.9. The van der Waals surface area contributed by atoms with Crippen molar-refractivity contribution in [1.82, 2.24) is 14.8 Å². The van der Waals surface area contributed by atoms with E-state index in [-0.39, 0.29) is 5.91 Å². The molecule has 0 aliphatic rings. The third-order valence-electron chi connectivity index (χ3n) is 2.15. The Morgan fingerprint density at radius 3 is 2.94 bits per heavy atom. The van der Waals surface area contributed by atoms with Crippen LogP contribution in [0.2, 0.25) is 0 Å². The summed E-state index contributed by atoms with van der Waals surface area (Å²) in [6.07, 6.45) is 1.61. The van der Waals surface area contributed by atoms with E-state index in [0.717, 1.165) is 15.3 Å². The van der Waals surface area contributed by atoms with Crippen LogP contribution < -0.4 is 5.32 Å². The molecule has 18 heavy (non-hydrogen) atoms. The molecule has 2 rings (SSSR count). The highest BCUT2D eigenvalue weighted by Gasteiger charge is 2.08. The summed E-state index contributed by atoms with van der Waals surface area (Å²) in [6.45, 7) is 0. The molecule has 0 fully saturated rings. The van der Waals surface area contributed by atoms with Crippen molar-refractivity contribution >= 4 is 39.3 Å². The van der Waals surface area contributed by atoms with Gasteiger partial charge in [-0.15, -0.1) is 10.2 Å². The molecule has 0 aliphatic heterocycles. The Hall–Kier alpha value is -1.34. The number of aryl methyl sites for hydroxylation is 1. The number of rotatable bonds is 4. The number of hydrogen-bond acceptors (Lipinski definition) is 4. The van der Waals surface area contributed by atoms with Crippen LogP contribution in [-0.4, -0.2) is 26.4 Å². The number of nitrogens with zero attached hydrogens (tertiary/aromatic N) is 3. The molecule has 1 aromatic heterocycles. The number of nitrogens with one attached hydrogen (secondary N) is 1. The summed E-state index contributed by atoms with van der Waals surface area (Å²) < 4.78 is 2.64. The Morgan fingerprint density at radius 1 is 1.50 bits per heavy atom. The number of aromatic nitrogens is 3. The number of anilines is 1. The smallest absolute Gasteiger partial charge is 0.234 e. The Balaban J connectivity index is 1.90. The Labute approximate surface area is 117 Å². The van der Waals surface area contributed by atoms with E-state index in [1.54, 1.807) is 10.9 Å². The molecule has 1 amide bonds. The molecule has 94 valence electrons. The quantitative estimate of drug-likeness (QED) is 0.876. The Kier molecular flexibility index (Phi) is 4.38. The number of carbonyl (C=O) groups is 1. The number of benzene rings is 1. The molecule has 0 spiro atoms. The van der Waals surface area contributed by atoms with Gasteiger partial charge in [0, 0.05) is 11.5 Å². The number of amides is 1. The molecule has 1 N–H and O–H groups in total. The van der Waals surface area contributed by atoms with E-state index in [0.29, 0.717) is 5.75 Å². The van der Waals surface area contributed by atoms with Gasteiger partial charge in [-0.05, 0) is 28.1 Å². The first kappa shape index (κ1) is 13.1. The van der Waals surface area contributed by atoms with E-state index >= 15 is 0 Å². The average Bonchev–Trinajstić information content (AvgIpc) is 2.75. The highest BCUT2D eigenvalue weighted by molar-refractivity contribution is 9.10. The minimum Gasteiger partial charge on any atom is -0.324 e. The third-order valence-corrected chi connectivity index (χ3v) is 3.88. The van der Waals surface area contributed by atoms with Crippen molar-refractivity contribution in [1.29, 1.82) is 0 Å². The molecule has 7 heteroatoms. The van der Waals surface area contributed by atoms with Gasteiger partial charge in [-0.1, -0.05) is 23.9 Å². The SMILES string of the molecule is Cn1cnnc1SCC(=O)Nc1ccccc1Br. The fourth-order valence-electron chi connectivity index (χ4n) is 1.28. The minimum atomic E-state index is -0.0742. The van der Waals surface area contributed by atoms with E-state index in [4.69, 9.17) is 0 Å². The summed E-state index contributed by atoms with van der Waals surface area (Å²) in [5, 5.41) is 11.2. The number of para-hydroxylation sites is 1. The lowest BCUT2D eigenvalue weighted by molar-refractivity contribution is -0.113. The van der Waals surface area contributed by atoms with E-state index in [1.165, 1.54) is 11.8 Å². The first-order valence-corrected chi connectivity index (χ1v) is 6.96. The van der Waals surface area contributed by atoms with Crippen LogP contribution in [0.5, 0.6) is 0 Å². The van der Waals surface area contributed by atoms with Crippen LogP contribution in [0.25, 0.3) is 0 Å². The van der Waals surface area contributed by atoms with Crippen LogP contribution in [0.4, 0.5) is 5.69 Å². The van der Waals surface area contributed by atoms with Crippen molar-refractivity contribution < 1.29 is 4.79 Å². The Bertz CT molecular complexity index is 557. The molecule has 0 radical (unpaired) electrons. The second-order valence-electron chi connectivity index (χ2n) is 3.54. The first-order chi connectivity index (χ1) is 8.66. The second kappa shape index (κ2) is 6.01. The van der Waals surface area contributed by atoms with Gasteiger partial charge in [0.25, 0.3) is 0 Å². The van der Waals surface area contributed by atoms with Crippen LogP contribution in [0.15, 0.2) is 40.2 Å². The molecule has 2 aromatic rings. The number of hydrogen-bond donors (Lipinski definition) is 1. The largest absolute Gasteiger partial charge is 0.324 e. The van der Waals surface area contributed by atoms with E-state index < -0.39 is 0 Å². The number of halogens is 1. The number of carbonyl (C=O) groups excluding carboxylic acids is 1. The monoisotopic (exact) mass is 326 g/mol. The van der Waals surface area contributed by atoms with E-state index in [1.807, 2.05) is 31.3 Å². The summed E-state index contributed by atoms with van der Waals surface area (Å²) in [6, 6.07) is 7.49. The van der Waals surface area contributed by atoms with Crippen LogP contribution in [0.1, 0.15) is 0 Å². The standard InChI is InChI=1S/C11H11BrN4OS/c1-16-7-13-15-11(16)18-6-10(17)14-9-5-3-2-4-8(9)12/h2-5,7H,6H2,1H3,(H,14,17). The molecule has 0 saturated heterocycles. The van der Waals surface area contributed by atoms with Crippen molar-refractivity contribution in [3.63, 3.8) is 0 Å². The van der Waals surface area contributed by atoms with Gasteiger partial charge in [0.2, 0.25) is 5.91 Å². The minimum absolute atomic E-state index is 0.0742. The summed E-state index contributed by atoms with van der Waals surface area (Å²) in [5.74, 6) is 0.225. The summed E-state index contributed by atoms with van der Waals surface area (Å²) in [5.41, 5.74) is 0.765. The first-order valence-electron chi connectivity index (χ1n) is 5.18. The van der Waals surface area contributed by atoms with Crippen LogP contribution >= 0.6 is 27.7 Å². The van der Waals surface area contributed by atoms with Crippen molar-refractivity contribution in [3.05, 3.63) is 35.1 Å². The maximum Gasteiger partial charge on any atom is 0.234 e. The van der Waals surface area contributed by atoms with Gasteiger partial charge in [0.1, 0.15) is 6.33 Å². The fourth-order valence-corrected chi connectivity index (χ4v) is 2.35. The van der Waals surface area contributed by atoms with Gasteiger partial charge in [-0.25, -0.2) is 0 Å².